The molecule has 0 aliphatic carbocycles. The highest BCUT2D eigenvalue weighted by molar-refractivity contribution is 6.05. The van der Waals surface area contributed by atoms with Crippen LogP contribution in [0.3, 0.4) is 0 Å². The third-order valence-electron chi connectivity index (χ3n) is 4.76. The van der Waals surface area contributed by atoms with Crippen LogP contribution in [0.15, 0.2) is 54.6 Å². The van der Waals surface area contributed by atoms with E-state index >= 15 is 0 Å². The second-order valence-corrected chi connectivity index (χ2v) is 6.37. The largest absolute Gasteiger partial charge is 0.481 e. The number of carboxylic acids is 1. The number of rotatable bonds is 4. The van der Waals surface area contributed by atoms with E-state index in [4.69, 9.17) is 0 Å². The number of anilines is 1. The molecule has 2 N–H and O–H groups in total. The molecule has 134 valence electrons. The van der Waals surface area contributed by atoms with Crippen molar-refractivity contribution in [3.8, 4) is 0 Å². The first-order valence-corrected chi connectivity index (χ1v) is 8.47. The fraction of sp³-hybridized carbons (Fsp3) is 0.250. The van der Waals surface area contributed by atoms with Gasteiger partial charge in [-0.05, 0) is 49.7 Å². The molecule has 0 aromatic heterocycles. The minimum Gasteiger partial charge on any atom is -0.481 e. The highest BCUT2D eigenvalue weighted by Gasteiger charge is 2.38. The van der Waals surface area contributed by atoms with Crippen LogP contribution in [-0.2, 0) is 4.79 Å². The van der Waals surface area contributed by atoms with E-state index < -0.39 is 11.9 Å². The van der Waals surface area contributed by atoms with Gasteiger partial charge in [0, 0.05) is 29.4 Å². The van der Waals surface area contributed by atoms with Gasteiger partial charge >= 0.3 is 5.97 Å². The van der Waals surface area contributed by atoms with Crippen molar-refractivity contribution in [2.24, 2.45) is 5.92 Å². The molecular weight excluding hydrogens is 332 g/mol. The molecule has 26 heavy (non-hydrogen) atoms. The maximum atomic E-state index is 12.6. The minimum atomic E-state index is -0.874. The summed E-state index contributed by atoms with van der Waals surface area (Å²) in [5, 5.41) is 12.0. The Balaban J connectivity index is 1.68. The number of carbonyl (C=O) groups excluding carboxylic acids is 2. The maximum Gasteiger partial charge on any atom is 0.308 e. The molecule has 2 aromatic carbocycles. The first-order valence-electron chi connectivity index (χ1n) is 8.47. The Bertz CT molecular complexity index is 817. The van der Waals surface area contributed by atoms with Crippen molar-refractivity contribution in [1.82, 2.24) is 4.90 Å². The summed E-state index contributed by atoms with van der Waals surface area (Å²) in [5.74, 6) is -1.87. The SMILES string of the molecule is CC1C(C(=O)O)CCN1C(=O)c1ccc(C(=O)Nc2ccccc2)cc1. The Kier molecular flexibility index (Phi) is 5.02. The Morgan fingerprint density at radius 2 is 1.62 bits per heavy atom. The topological polar surface area (TPSA) is 86.7 Å². The molecular formula is C20H20N2O4. The molecule has 6 nitrogen and oxygen atoms in total. The number of carbonyl (C=O) groups is 3. The van der Waals surface area contributed by atoms with E-state index in [0.717, 1.165) is 0 Å². The number of aliphatic carboxylic acids is 1. The molecule has 2 amide bonds. The molecule has 0 spiro atoms. The number of hydrogen-bond donors (Lipinski definition) is 2. The molecule has 1 saturated heterocycles. The molecule has 1 heterocycles. The zero-order chi connectivity index (χ0) is 18.7. The number of nitrogens with one attached hydrogen (secondary N) is 1. The summed E-state index contributed by atoms with van der Waals surface area (Å²) in [6.45, 7) is 2.18. The predicted molar refractivity (Wildman–Crippen MR) is 97.1 cm³/mol. The van der Waals surface area contributed by atoms with E-state index in [1.165, 1.54) is 0 Å². The van der Waals surface area contributed by atoms with E-state index in [2.05, 4.69) is 5.32 Å². The first-order chi connectivity index (χ1) is 12.5. The molecule has 0 bridgehead atoms. The first kappa shape index (κ1) is 17.7. The van der Waals surface area contributed by atoms with Gasteiger partial charge in [-0.1, -0.05) is 18.2 Å². The molecule has 0 saturated carbocycles. The van der Waals surface area contributed by atoms with Crippen LogP contribution in [-0.4, -0.2) is 40.4 Å². The molecule has 2 unspecified atom stereocenters. The Morgan fingerprint density at radius 3 is 2.19 bits per heavy atom. The predicted octanol–water partition coefficient (Wildman–Crippen LogP) is 2.87. The number of amides is 2. The van der Waals surface area contributed by atoms with Gasteiger partial charge in [-0.2, -0.15) is 0 Å². The second kappa shape index (κ2) is 7.39. The molecule has 1 fully saturated rings. The molecule has 2 aromatic rings. The van der Waals surface area contributed by atoms with E-state index in [1.807, 2.05) is 18.2 Å². The van der Waals surface area contributed by atoms with Crippen molar-refractivity contribution >= 4 is 23.5 Å². The number of nitrogens with zero attached hydrogens (tertiary/aromatic N) is 1. The number of carboxylic acid groups (broad SMARTS) is 1. The molecule has 6 heteroatoms. The van der Waals surface area contributed by atoms with Gasteiger partial charge in [0.05, 0.1) is 5.92 Å². The third-order valence-corrected chi connectivity index (χ3v) is 4.76. The van der Waals surface area contributed by atoms with Crippen LogP contribution in [0.4, 0.5) is 5.69 Å². The average Bonchev–Trinajstić information content (AvgIpc) is 3.04. The van der Waals surface area contributed by atoms with E-state index in [0.29, 0.717) is 29.8 Å². The van der Waals surface area contributed by atoms with Gasteiger partial charge in [0.15, 0.2) is 0 Å². The van der Waals surface area contributed by atoms with Gasteiger partial charge in [0.2, 0.25) is 0 Å². The quantitative estimate of drug-likeness (QED) is 0.886. The smallest absolute Gasteiger partial charge is 0.308 e. The van der Waals surface area contributed by atoms with Crippen molar-refractivity contribution in [1.29, 1.82) is 0 Å². The van der Waals surface area contributed by atoms with Gasteiger partial charge in [0.1, 0.15) is 0 Å². The lowest BCUT2D eigenvalue weighted by Crippen LogP contribution is -2.37. The fourth-order valence-electron chi connectivity index (χ4n) is 3.21. The monoisotopic (exact) mass is 352 g/mol. The summed E-state index contributed by atoms with van der Waals surface area (Å²) < 4.78 is 0. The van der Waals surface area contributed by atoms with Gasteiger partial charge in [-0.3, -0.25) is 14.4 Å². The second-order valence-electron chi connectivity index (χ2n) is 6.37. The number of benzene rings is 2. The van der Waals surface area contributed by atoms with Crippen LogP contribution in [0.25, 0.3) is 0 Å². The van der Waals surface area contributed by atoms with Crippen LogP contribution in [0.5, 0.6) is 0 Å². The van der Waals surface area contributed by atoms with Crippen molar-refractivity contribution in [2.45, 2.75) is 19.4 Å². The summed E-state index contributed by atoms with van der Waals surface area (Å²) >= 11 is 0. The van der Waals surface area contributed by atoms with Crippen LogP contribution in [0.2, 0.25) is 0 Å². The van der Waals surface area contributed by atoms with Crippen LogP contribution in [0, 0.1) is 5.92 Å². The maximum absolute atomic E-state index is 12.6. The van der Waals surface area contributed by atoms with Crippen LogP contribution >= 0.6 is 0 Å². The van der Waals surface area contributed by atoms with Gasteiger partial charge in [0.25, 0.3) is 11.8 Å². The minimum absolute atomic E-state index is 0.212. The summed E-state index contributed by atoms with van der Waals surface area (Å²) in [5.41, 5.74) is 1.59. The van der Waals surface area contributed by atoms with Crippen molar-refractivity contribution < 1.29 is 19.5 Å². The highest BCUT2D eigenvalue weighted by Crippen LogP contribution is 2.26. The lowest BCUT2D eigenvalue weighted by Gasteiger charge is -2.23. The van der Waals surface area contributed by atoms with E-state index in [-0.39, 0.29) is 17.9 Å². The van der Waals surface area contributed by atoms with Crippen molar-refractivity contribution in [2.75, 3.05) is 11.9 Å². The highest BCUT2D eigenvalue weighted by atomic mass is 16.4. The lowest BCUT2D eigenvalue weighted by atomic mass is 10.0. The fourth-order valence-corrected chi connectivity index (χ4v) is 3.21. The Labute approximate surface area is 151 Å². The summed E-state index contributed by atoms with van der Waals surface area (Å²) in [4.78, 5) is 37.7. The summed E-state index contributed by atoms with van der Waals surface area (Å²) in [6, 6.07) is 15.2. The van der Waals surface area contributed by atoms with E-state index in [1.54, 1.807) is 48.2 Å². The standard InChI is InChI=1S/C20H20N2O4/c1-13-17(20(25)26)11-12-22(13)19(24)15-9-7-14(8-10-15)18(23)21-16-5-3-2-4-6-16/h2-10,13,17H,11-12H2,1H3,(H,21,23)(H,25,26). The van der Waals surface area contributed by atoms with Crippen LogP contribution < -0.4 is 5.32 Å². The number of para-hydroxylation sites is 1. The normalized spacial score (nSPS) is 19.2. The van der Waals surface area contributed by atoms with E-state index in [9.17, 15) is 19.5 Å². The van der Waals surface area contributed by atoms with Gasteiger partial charge in [-0.15, -0.1) is 0 Å². The van der Waals surface area contributed by atoms with Gasteiger partial charge < -0.3 is 15.3 Å². The molecule has 1 aliphatic heterocycles. The molecule has 1 aliphatic rings. The van der Waals surface area contributed by atoms with Crippen LogP contribution in [0.1, 0.15) is 34.1 Å². The summed E-state index contributed by atoms with van der Waals surface area (Å²) in [7, 11) is 0. The number of hydrogen-bond acceptors (Lipinski definition) is 3. The number of likely N-dealkylation sites (tertiary alicyclic amines) is 1. The van der Waals surface area contributed by atoms with Crippen molar-refractivity contribution in [3.05, 3.63) is 65.7 Å². The average molecular weight is 352 g/mol. The zero-order valence-electron chi connectivity index (χ0n) is 14.4. The lowest BCUT2D eigenvalue weighted by molar-refractivity contribution is -0.142. The van der Waals surface area contributed by atoms with Gasteiger partial charge in [-0.25, -0.2) is 0 Å². The van der Waals surface area contributed by atoms with Crippen molar-refractivity contribution in [3.63, 3.8) is 0 Å². The molecule has 2 atom stereocenters. The Hall–Kier alpha value is -3.15. The Morgan fingerprint density at radius 1 is 1.00 bits per heavy atom. The molecule has 3 rings (SSSR count). The third kappa shape index (κ3) is 3.59. The summed E-state index contributed by atoms with van der Waals surface area (Å²) in [6.07, 6.45) is 0.458. The molecule has 0 radical (unpaired) electrons. The zero-order valence-corrected chi connectivity index (χ0v) is 14.4.